The second-order valence-corrected chi connectivity index (χ2v) is 5.49. The summed E-state index contributed by atoms with van der Waals surface area (Å²) in [5, 5.41) is 0. The van der Waals surface area contributed by atoms with Crippen LogP contribution in [0.25, 0.3) is 0 Å². The number of carbonyl (C=O) groups excluding carboxylic acids is 1. The highest BCUT2D eigenvalue weighted by Gasteiger charge is 2.32. The van der Waals surface area contributed by atoms with Crippen LogP contribution < -0.4 is 10.6 Å². The molecular weight excluding hydrogens is 224 g/mol. The quantitative estimate of drug-likeness (QED) is 0.885. The molecule has 0 bridgehead atoms. The number of carbonyl (C=O) groups is 1. The molecule has 0 spiro atoms. The van der Waals surface area contributed by atoms with E-state index in [1.165, 1.54) is 18.4 Å². The van der Waals surface area contributed by atoms with Crippen LogP contribution in [0.15, 0.2) is 24.3 Å². The smallest absolute Gasteiger partial charge is 0.227 e. The Balaban J connectivity index is 1.86. The van der Waals surface area contributed by atoms with Gasteiger partial charge in [-0.15, -0.1) is 0 Å². The molecule has 0 radical (unpaired) electrons. The molecule has 96 valence electrons. The minimum atomic E-state index is 0.139. The summed E-state index contributed by atoms with van der Waals surface area (Å²) < 4.78 is 0. The Morgan fingerprint density at radius 2 is 2.06 bits per heavy atom. The van der Waals surface area contributed by atoms with Crippen LogP contribution in [0.3, 0.4) is 0 Å². The van der Waals surface area contributed by atoms with Crippen molar-refractivity contribution in [3.05, 3.63) is 29.8 Å². The van der Waals surface area contributed by atoms with Gasteiger partial charge in [0.1, 0.15) is 0 Å². The molecule has 2 aliphatic rings. The van der Waals surface area contributed by atoms with Gasteiger partial charge in [0.25, 0.3) is 0 Å². The number of hydrogen-bond donors (Lipinski definition) is 1. The van der Waals surface area contributed by atoms with Crippen molar-refractivity contribution in [2.24, 2.45) is 11.7 Å². The van der Waals surface area contributed by atoms with Crippen LogP contribution >= 0.6 is 0 Å². The second kappa shape index (κ2) is 4.73. The van der Waals surface area contributed by atoms with Gasteiger partial charge in [0.15, 0.2) is 0 Å². The Morgan fingerprint density at radius 1 is 1.28 bits per heavy atom. The first-order valence-electron chi connectivity index (χ1n) is 6.89. The number of anilines is 1. The molecule has 1 aliphatic heterocycles. The van der Waals surface area contributed by atoms with Crippen LogP contribution in [-0.4, -0.2) is 18.5 Å². The highest BCUT2D eigenvalue weighted by molar-refractivity contribution is 5.94. The lowest BCUT2D eigenvalue weighted by molar-refractivity contribution is -0.118. The third-order valence-electron chi connectivity index (χ3n) is 4.04. The van der Waals surface area contributed by atoms with Crippen molar-refractivity contribution in [1.29, 1.82) is 0 Å². The van der Waals surface area contributed by atoms with Crippen LogP contribution in [-0.2, 0) is 11.2 Å². The van der Waals surface area contributed by atoms with Gasteiger partial charge in [0, 0.05) is 24.7 Å². The Kier molecular flexibility index (Phi) is 3.08. The zero-order valence-electron chi connectivity index (χ0n) is 10.6. The van der Waals surface area contributed by atoms with E-state index in [0.717, 1.165) is 18.5 Å². The van der Waals surface area contributed by atoms with Gasteiger partial charge in [-0.2, -0.15) is 0 Å². The molecule has 1 amide bonds. The van der Waals surface area contributed by atoms with Crippen molar-refractivity contribution < 1.29 is 4.79 Å². The average Bonchev–Trinajstić information content (AvgIpc) is 3.20. The van der Waals surface area contributed by atoms with Crippen molar-refractivity contribution in [3.8, 4) is 0 Å². The van der Waals surface area contributed by atoms with E-state index < -0.39 is 0 Å². The molecule has 1 atom stereocenters. The number of para-hydroxylation sites is 1. The summed E-state index contributed by atoms with van der Waals surface area (Å²) in [6.45, 7) is 0.681. The fraction of sp³-hybridized carbons (Fsp3) is 0.533. The zero-order chi connectivity index (χ0) is 12.5. The van der Waals surface area contributed by atoms with Crippen molar-refractivity contribution in [1.82, 2.24) is 0 Å². The monoisotopic (exact) mass is 244 g/mol. The number of nitrogens with two attached hydrogens (primary N) is 1. The number of aryl methyl sites for hydroxylation is 1. The first-order chi connectivity index (χ1) is 8.75. The van der Waals surface area contributed by atoms with Crippen molar-refractivity contribution >= 4 is 11.6 Å². The summed E-state index contributed by atoms with van der Waals surface area (Å²) in [7, 11) is 0. The number of hydrogen-bond acceptors (Lipinski definition) is 2. The summed E-state index contributed by atoms with van der Waals surface area (Å²) >= 11 is 0. The minimum absolute atomic E-state index is 0.139. The van der Waals surface area contributed by atoms with Gasteiger partial charge in [0.2, 0.25) is 5.91 Å². The Bertz CT molecular complexity index is 454. The maximum Gasteiger partial charge on any atom is 0.227 e. The molecule has 1 aromatic carbocycles. The molecule has 1 saturated carbocycles. The predicted octanol–water partition coefficient (Wildman–Crippen LogP) is 2.09. The topological polar surface area (TPSA) is 46.3 Å². The van der Waals surface area contributed by atoms with E-state index in [9.17, 15) is 4.79 Å². The number of rotatable bonds is 3. The molecule has 0 saturated heterocycles. The molecular formula is C15H20N2O. The van der Waals surface area contributed by atoms with E-state index in [2.05, 4.69) is 12.1 Å². The summed E-state index contributed by atoms with van der Waals surface area (Å²) in [6, 6.07) is 8.38. The average molecular weight is 244 g/mol. The normalized spacial score (nSPS) is 21.4. The van der Waals surface area contributed by atoms with Gasteiger partial charge in [-0.3, -0.25) is 4.79 Å². The predicted molar refractivity (Wildman–Crippen MR) is 72.4 cm³/mol. The van der Waals surface area contributed by atoms with Gasteiger partial charge in [-0.1, -0.05) is 18.2 Å². The molecule has 1 fully saturated rings. The van der Waals surface area contributed by atoms with E-state index >= 15 is 0 Å². The highest BCUT2D eigenvalue weighted by Crippen LogP contribution is 2.33. The maximum absolute atomic E-state index is 12.2. The van der Waals surface area contributed by atoms with Crippen LogP contribution in [0.1, 0.15) is 31.2 Å². The van der Waals surface area contributed by atoms with Gasteiger partial charge < -0.3 is 10.6 Å². The lowest BCUT2D eigenvalue weighted by atomic mass is 10.1. The molecule has 1 aromatic rings. The van der Waals surface area contributed by atoms with Crippen LogP contribution in [0, 0.1) is 5.92 Å². The molecule has 2 N–H and O–H groups in total. The molecule has 1 heterocycles. The third-order valence-corrected chi connectivity index (χ3v) is 4.04. The molecule has 18 heavy (non-hydrogen) atoms. The Morgan fingerprint density at radius 3 is 2.83 bits per heavy atom. The molecule has 1 unspecified atom stereocenters. The number of amides is 1. The SMILES string of the molecule is NC(CN1C(=O)CCCc2ccccc21)C1CC1. The fourth-order valence-corrected chi connectivity index (χ4v) is 2.77. The molecule has 3 nitrogen and oxygen atoms in total. The number of benzene rings is 1. The Labute approximate surface area is 108 Å². The number of nitrogens with zero attached hydrogens (tertiary/aromatic N) is 1. The van der Waals surface area contributed by atoms with Gasteiger partial charge in [-0.05, 0) is 43.2 Å². The third kappa shape index (κ3) is 2.27. The largest absolute Gasteiger partial charge is 0.326 e. The highest BCUT2D eigenvalue weighted by atomic mass is 16.2. The fourth-order valence-electron chi connectivity index (χ4n) is 2.77. The summed E-state index contributed by atoms with van der Waals surface area (Å²) in [5.74, 6) is 0.865. The molecule has 3 rings (SSSR count). The molecule has 3 heteroatoms. The summed E-state index contributed by atoms with van der Waals surface area (Å²) in [5.41, 5.74) is 8.55. The van der Waals surface area contributed by atoms with Gasteiger partial charge >= 0.3 is 0 Å². The standard InChI is InChI=1S/C15H20N2O/c16-13(11-8-9-11)10-17-14-6-2-1-4-12(14)5-3-7-15(17)18/h1-2,4,6,11,13H,3,5,7-10,16H2. The first kappa shape index (κ1) is 11.7. The van der Waals surface area contributed by atoms with Crippen LogP contribution in [0.2, 0.25) is 0 Å². The first-order valence-corrected chi connectivity index (χ1v) is 6.89. The molecule has 1 aliphatic carbocycles. The van der Waals surface area contributed by atoms with Crippen molar-refractivity contribution in [2.45, 2.75) is 38.1 Å². The van der Waals surface area contributed by atoms with E-state index in [1.807, 2.05) is 17.0 Å². The van der Waals surface area contributed by atoms with Crippen LogP contribution in [0.4, 0.5) is 5.69 Å². The zero-order valence-corrected chi connectivity index (χ0v) is 10.6. The van der Waals surface area contributed by atoms with Gasteiger partial charge in [0.05, 0.1) is 0 Å². The van der Waals surface area contributed by atoms with E-state index in [0.29, 0.717) is 18.9 Å². The maximum atomic E-state index is 12.2. The van der Waals surface area contributed by atoms with Crippen LogP contribution in [0.5, 0.6) is 0 Å². The van der Waals surface area contributed by atoms with Crippen molar-refractivity contribution in [2.75, 3.05) is 11.4 Å². The van der Waals surface area contributed by atoms with E-state index in [4.69, 9.17) is 5.73 Å². The number of fused-ring (bicyclic) bond motifs is 1. The Hall–Kier alpha value is -1.35. The summed E-state index contributed by atoms with van der Waals surface area (Å²) in [6.07, 6.45) is 5.05. The lowest BCUT2D eigenvalue weighted by Crippen LogP contribution is -2.42. The lowest BCUT2D eigenvalue weighted by Gasteiger charge is -2.26. The van der Waals surface area contributed by atoms with Crippen molar-refractivity contribution in [3.63, 3.8) is 0 Å². The minimum Gasteiger partial charge on any atom is -0.326 e. The van der Waals surface area contributed by atoms with E-state index in [-0.39, 0.29) is 11.9 Å². The second-order valence-electron chi connectivity index (χ2n) is 5.49. The van der Waals surface area contributed by atoms with Gasteiger partial charge in [-0.25, -0.2) is 0 Å². The molecule has 0 aromatic heterocycles. The summed E-state index contributed by atoms with van der Waals surface area (Å²) in [4.78, 5) is 14.1. The van der Waals surface area contributed by atoms with E-state index in [1.54, 1.807) is 0 Å².